The van der Waals surface area contributed by atoms with Gasteiger partial charge < -0.3 is 18.8 Å². The van der Waals surface area contributed by atoms with E-state index in [-0.39, 0.29) is 11.9 Å². The first kappa shape index (κ1) is 31.3. The Balaban J connectivity index is 1.38. The number of imidazole rings is 1. The van der Waals surface area contributed by atoms with Crippen LogP contribution >= 0.6 is 0 Å². The minimum absolute atomic E-state index is 0.180. The second-order valence-electron chi connectivity index (χ2n) is 10.5. The van der Waals surface area contributed by atoms with Crippen molar-refractivity contribution in [3.05, 3.63) is 125 Å². The average molecular weight is 581 g/mol. The predicted molar refractivity (Wildman–Crippen MR) is 168 cm³/mol. The highest BCUT2D eigenvalue weighted by Crippen LogP contribution is 2.23. The number of unbranched alkanes of at least 4 members (excludes halogenated alkanes) is 2. The van der Waals surface area contributed by atoms with E-state index in [1.807, 2.05) is 34.9 Å². The van der Waals surface area contributed by atoms with Crippen molar-refractivity contribution < 1.29 is 23.8 Å². The molecule has 1 aromatic heterocycles. The highest BCUT2D eigenvalue weighted by atomic mass is 16.5. The van der Waals surface area contributed by atoms with E-state index >= 15 is 0 Å². The molecule has 0 spiro atoms. The highest BCUT2D eigenvalue weighted by molar-refractivity contribution is 5.89. The van der Waals surface area contributed by atoms with E-state index in [0.29, 0.717) is 24.4 Å². The monoisotopic (exact) mass is 580 g/mol. The first-order valence-corrected chi connectivity index (χ1v) is 14.8. The van der Waals surface area contributed by atoms with Crippen LogP contribution in [-0.2, 0) is 28.9 Å². The fourth-order valence-corrected chi connectivity index (χ4v) is 4.90. The lowest BCUT2D eigenvalue weighted by Gasteiger charge is -2.15. The summed E-state index contributed by atoms with van der Waals surface area (Å²) in [7, 11) is 2.73. The smallest absolute Gasteiger partial charge is 0.358 e. The molecule has 3 aromatic carbocycles. The van der Waals surface area contributed by atoms with E-state index in [9.17, 15) is 9.59 Å². The molecular weight excluding hydrogens is 540 g/mol. The van der Waals surface area contributed by atoms with Crippen LogP contribution in [0.4, 0.5) is 0 Å². The van der Waals surface area contributed by atoms with Crippen molar-refractivity contribution in [2.24, 2.45) is 5.92 Å². The largest absolute Gasteiger partial charge is 0.493 e. The molecule has 1 atom stereocenters. The minimum atomic E-state index is -0.450. The van der Waals surface area contributed by atoms with E-state index in [2.05, 4.69) is 53.5 Å². The number of carbonyl (C=O) groups is 2. The molecule has 7 heteroatoms. The van der Waals surface area contributed by atoms with Gasteiger partial charge in [-0.3, -0.25) is 0 Å². The topological polar surface area (TPSA) is 79.7 Å². The number of nitrogens with zero attached hydrogens (tertiary/aromatic N) is 2. The molecule has 4 aromatic rings. The zero-order valence-corrected chi connectivity index (χ0v) is 25.0. The van der Waals surface area contributed by atoms with Crippen LogP contribution in [0.3, 0.4) is 0 Å². The zero-order chi connectivity index (χ0) is 30.3. The molecule has 0 amide bonds. The lowest BCUT2D eigenvalue weighted by Crippen LogP contribution is -2.08. The summed E-state index contributed by atoms with van der Waals surface area (Å²) in [5.74, 6) is 0.255. The lowest BCUT2D eigenvalue weighted by molar-refractivity contribution is 0.0588. The van der Waals surface area contributed by atoms with Gasteiger partial charge in [0, 0.05) is 18.3 Å². The number of ether oxygens (including phenoxy) is 3. The third-order valence-electron chi connectivity index (χ3n) is 7.34. The lowest BCUT2D eigenvalue weighted by atomic mass is 9.94. The number of aromatic nitrogens is 2. The molecule has 7 nitrogen and oxygen atoms in total. The number of rotatable bonds is 16. The molecule has 0 saturated carbocycles. The first-order valence-electron chi connectivity index (χ1n) is 14.8. The van der Waals surface area contributed by atoms with E-state index in [4.69, 9.17) is 14.2 Å². The maximum absolute atomic E-state index is 11.9. The summed E-state index contributed by atoms with van der Waals surface area (Å²) in [6.45, 7) is 1.36. The van der Waals surface area contributed by atoms with E-state index in [1.54, 1.807) is 24.7 Å². The van der Waals surface area contributed by atoms with Gasteiger partial charge in [0.05, 0.1) is 32.7 Å². The Labute approximate surface area is 254 Å². The van der Waals surface area contributed by atoms with Crippen LogP contribution < -0.4 is 4.74 Å². The summed E-state index contributed by atoms with van der Waals surface area (Å²) in [5, 5.41) is 0. The van der Waals surface area contributed by atoms with Crippen molar-refractivity contribution in [3.8, 4) is 5.75 Å². The fraction of sp³-hybridized carbons (Fsp3) is 0.306. The molecule has 1 heterocycles. The Hall–Kier alpha value is -4.65. The van der Waals surface area contributed by atoms with Crippen molar-refractivity contribution in [3.63, 3.8) is 0 Å². The third kappa shape index (κ3) is 9.99. The number of para-hydroxylation sites is 1. The van der Waals surface area contributed by atoms with Crippen molar-refractivity contribution in [2.75, 3.05) is 20.8 Å². The third-order valence-corrected chi connectivity index (χ3v) is 7.34. The molecular formula is C36H40N2O5. The number of methoxy groups -OCH3 is 2. The van der Waals surface area contributed by atoms with Gasteiger partial charge in [0.2, 0.25) is 0 Å². The summed E-state index contributed by atoms with van der Waals surface area (Å²) in [5.41, 5.74) is 4.35. The Morgan fingerprint density at radius 2 is 1.58 bits per heavy atom. The standard InChI is InChI=1S/C36H40N2O5/c1-41-35(39)32-20-17-29(18-21-32)25-30(22-23-38-26-33(37-27-38)36(40)42-2)16-19-31-14-8-9-15-34(31)43-24-10-4-7-13-28-11-5-3-6-12-28/h3,5-6,8-9,11-12,14-21,26-27,30H,4,7,10,13,22-25H2,1-2H3/b19-16+. The van der Waals surface area contributed by atoms with E-state index in [1.165, 1.54) is 19.8 Å². The van der Waals surface area contributed by atoms with Gasteiger partial charge in [0.25, 0.3) is 0 Å². The number of hydrogen-bond donors (Lipinski definition) is 0. The maximum atomic E-state index is 11.9. The molecule has 224 valence electrons. The van der Waals surface area contributed by atoms with Crippen molar-refractivity contribution in [1.29, 1.82) is 0 Å². The second kappa shape index (κ2) is 16.7. The highest BCUT2D eigenvalue weighted by Gasteiger charge is 2.13. The van der Waals surface area contributed by atoms with Crippen molar-refractivity contribution in [1.82, 2.24) is 9.55 Å². The molecule has 43 heavy (non-hydrogen) atoms. The summed E-state index contributed by atoms with van der Waals surface area (Å²) < 4.78 is 17.7. The number of allylic oxidation sites excluding steroid dienone is 1. The van der Waals surface area contributed by atoms with E-state index in [0.717, 1.165) is 55.4 Å². The normalized spacial score (nSPS) is 11.8. The van der Waals surface area contributed by atoms with Crippen molar-refractivity contribution in [2.45, 2.75) is 45.1 Å². The quantitative estimate of drug-likeness (QED) is 0.103. The van der Waals surface area contributed by atoms with Gasteiger partial charge >= 0.3 is 11.9 Å². The molecule has 0 aliphatic rings. The Morgan fingerprint density at radius 1 is 0.837 bits per heavy atom. The van der Waals surface area contributed by atoms with Crippen LogP contribution in [0.5, 0.6) is 5.75 Å². The van der Waals surface area contributed by atoms with Crippen LogP contribution in [0.15, 0.2) is 97.5 Å². The molecule has 0 radical (unpaired) electrons. The van der Waals surface area contributed by atoms with Crippen LogP contribution in [0.25, 0.3) is 6.08 Å². The molecule has 0 aliphatic carbocycles. The number of aryl methyl sites for hydroxylation is 2. The molecule has 0 bridgehead atoms. The summed E-state index contributed by atoms with van der Waals surface area (Å²) >= 11 is 0. The van der Waals surface area contributed by atoms with Gasteiger partial charge in [0.1, 0.15) is 5.75 Å². The molecule has 0 fully saturated rings. The average Bonchev–Trinajstić information content (AvgIpc) is 3.53. The van der Waals surface area contributed by atoms with Gasteiger partial charge in [-0.2, -0.15) is 0 Å². The first-order chi connectivity index (χ1) is 21.1. The van der Waals surface area contributed by atoms with Crippen molar-refractivity contribution >= 4 is 18.0 Å². The van der Waals surface area contributed by atoms with Gasteiger partial charge in [-0.1, -0.05) is 72.8 Å². The van der Waals surface area contributed by atoms with Gasteiger partial charge in [-0.15, -0.1) is 0 Å². The summed E-state index contributed by atoms with van der Waals surface area (Å²) in [6, 6.07) is 26.2. The molecule has 0 aliphatic heterocycles. The Bertz CT molecular complexity index is 1460. The number of benzene rings is 3. The zero-order valence-electron chi connectivity index (χ0n) is 25.0. The molecule has 4 rings (SSSR count). The maximum Gasteiger partial charge on any atom is 0.358 e. The minimum Gasteiger partial charge on any atom is -0.493 e. The summed E-state index contributed by atoms with van der Waals surface area (Å²) in [4.78, 5) is 27.9. The summed E-state index contributed by atoms with van der Waals surface area (Å²) in [6.07, 6.45) is 13.7. The van der Waals surface area contributed by atoms with Gasteiger partial charge in [0.15, 0.2) is 5.69 Å². The van der Waals surface area contributed by atoms with Crippen LogP contribution in [0.2, 0.25) is 0 Å². The fourth-order valence-electron chi connectivity index (χ4n) is 4.90. The Morgan fingerprint density at radius 3 is 2.35 bits per heavy atom. The Kier molecular flexibility index (Phi) is 12.2. The SMILES string of the molecule is COC(=O)c1ccc(CC(/C=C/c2ccccc2OCCCCCc2ccccc2)CCn2cnc(C(=O)OC)c2)cc1. The van der Waals surface area contributed by atoms with Gasteiger partial charge in [-0.25, -0.2) is 14.6 Å². The van der Waals surface area contributed by atoms with Crippen LogP contribution in [0, 0.1) is 5.92 Å². The number of esters is 2. The number of carbonyl (C=O) groups excluding carboxylic acids is 2. The number of hydrogen-bond acceptors (Lipinski definition) is 6. The second-order valence-corrected chi connectivity index (χ2v) is 10.5. The van der Waals surface area contributed by atoms with Crippen LogP contribution in [-0.4, -0.2) is 42.3 Å². The molecule has 0 N–H and O–H groups in total. The predicted octanol–water partition coefficient (Wildman–Crippen LogP) is 7.21. The van der Waals surface area contributed by atoms with Crippen LogP contribution in [0.1, 0.15) is 63.2 Å². The van der Waals surface area contributed by atoms with E-state index < -0.39 is 5.97 Å². The molecule has 1 unspecified atom stereocenters. The molecule has 0 saturated heterocycles. The van der Waals surface area contributed by atoms with Gasteiger partial charge in [-0.05, 0) is 73.8 Å².